The first-order valence-electron chi connectivity index (χ1n) is 21.5. The summed E-state index contributed by atoms with van der Waals surface area (Å²) >= 11 is 3.58. The van der Waals surface area contributed by atoms with Gasteiger partial charge in [-0.05, 0) is 100 Å². The number of hydrogen-bond acceptors (Lipinski definition) is 3. The Hall–Kier alpha value is -3.47. The highest BCUT2D eigenvalue weighted by atomic mass is 32.2. The Morgan fingerprint density at radius 3 is 1.70 bits per heavy atom. The van der Waals surface area contributed by atoms with Crippen molar-refractivity contribution in [2.45, 2.75) is 151 Å². The molecule has 0 saturated heterocycles. The molecule has 0 atom stereocenters. The number of Topliss-reactive ketones (excluding diaryl/α,β-unsaturated/α-hetero) is 1. The molecule has 2 heterocycles. The summed E-state index contributed by atoms with van der Waals surface area (Å²) in [5, 5.41) is 13.7. The molecule has 0 amide bonds. The van der Waals surface area contributed by atoms with Crippen molar-refractivity contribution < 1.29 is 9.90 Å². The summed E-state index contributed by atoms with van der Waals surface area (Å²) in [5.41, 5.74) is 7.28. The van der Waals surface area contributed by atoms with E-state index in [9.17, 15) is 9.90 Å². The topological polar surface area (TPSA) is 40.1 Å². The van der Waals surface area contributed by atoms with Gasteiger partial charge in [-0.2, -0.15) is 0 Å². The predicted octanol–water partition coefficient (Wildman–Crippen LogP) is 15.0. The molecule has 1 aliphatic carbocycles. The summed E-state index contributed by atoms with van der Waals surface area (Å²) in [4.78, 5) is 18.4. The molecule has 0 saturated carbocycles. The highest BCUT2D eigenvalue weighted by Crippen LogP contribution is 2.47. The fraction of sp³-hybridized carbons (Fsp3) is 0.462. The summed E-state index contributed by atoms with van der Waals surface area (Å²) in [6.45, 7) is 17.8. The molecular formula is C52H66O2S2. The summed E-state index contributed by atoms with van der Waals surface area (Å²) in [7, 11) is 0. The number of thioether (sulfide) groups is 1. The lowest BCUT2D eigenvalue weighted by molar-refractivity contribution is -0.300. The van der Waals surface area contributed by atoms with Gasteiger partial charge in [0.05, 0.1) is 0 Å². The number of hydrogen-bond donors (Lipinski definition) is 0. The van der Waals surface area contributed by atoms with E-state index in [1.165, 1.54) is 109 Å². The standard InChI is InChI=1S/C52H66O2S2/c1-9-11-13-15-17-19-21-37-23-27-41(28-24-37)45-33-39(35-47(55-45)51(3,4)5)31-43-49(53)44(50(43)54)32-40-34-46(56-48(36-40)52(6,7)8)42-29-25-38(26-30-42)22-20-18-16-14-12-10-2/h23-36H,9-22H2,1-8H3. The highest BCUT2D eigenvalue weighted by molar-refractivity contribution is 8.11. The summed E-state index contributed by atoms with van der Waals surface area (Å²) < 4.78 is 0. The molecular weight excluding hydrogens is 721 g/mol. The van der Waals surface area contributed by atoms with Crippen molar-refractivity contribution in [3.63, 3.8) is 0 Å². The maximum absolute atomic E-state index is 13.7. The van der Waals surface area contributed by atoms with E-state index >= 15 is 0 Å². The Balaban J connectivity index is 1.36. The van der Waals surface area contributed by atoms with E-state index in [1.807, 2.05) is 12.2 Å². The van der Waals surface area contributed by atoms with Crippen LogP contribution < -0.4 is 5.11 Å². The van der Waals surface area contributed by atoms with Crippen LogP contribution in [-0.4, -0.2) is 5.78 Å². The van der Waals surface area contributed by atoms with Gasteiger partial charge in [0.2, 0.25) is 21.1 Å². The molecule has 1 aromatic heterocycles. The third-order valence-corrected chi connectivity index (χ3v) is 13.9. The Morgan fingerprint density at radius 1 is 0.643 bits per heavy atom. The number of allylic oxidation sites excluding steroid dienone is 7. The van der Waals surface area contributed by atoms with Crippen LogP contribution in [0.5, 0.6) is 0 Å². The van der Waals surface area contributed by atoms with E-state index in [1.54, 1.807) is 23.1 Å². The minimum atomic E-state index is -0.175. The van der Waals surface area contributed by atoms with E-state index in [0.717, 1.165) is 33.8 Å². The van der Waals surface area contributed by atoms with Gasteiger partial charge in [0.15, 0.2) is 5.78 Å². The minimum absolute atomic E-state index is 0.0741. The molecule has 1 aliphatic heterocycles. The van der Waals surface area contributed by atoms with Crippen molar-refractivity contribution in [3.8, 4) is 10.4 Å². The van der Waals surface area contributed by atoms with Crippen LogP contribution in [-0.2, 0) is 23.1 Å². The van der Waals surface area contributed by atoms with Crippen LogP contribution in [0.25, 0.3) is 21.4 Å². The molecule has 3 aromatic rings. The van der Waals surface area contributed by atoms with Gasteiger partial charge in [-0.15, -0.1) is 0 Å². The first-order valence-corrected chi connectivity index (χ1v) is 23.1. The average Bonchev–Trinajstić information content (AvgIpc) is 3.18. The second-order valence-electron chi connectivity index (χ2n) is 17.9. The number of aryl methyl sites for hydroxylation is 2. The molecule has 0 N–H and O–H groups in total. The average molecular weight is 787 g/mol. The zero-order valence-corrected chi connectivity index (χ0v) is 37.2. The first-order chi connectivity index (χ1) is 26.8. The van der Waals surface area contributed by atoms with Crippen molar-refractivity contribution in [3.05, 3.63) is 133 Å². The van der Waals surface area contributed by atoms with Gasteiger partial charge in [0, 0.05) is 39.2 Å². The second-order valence-corrected chi connectivity index (χ2v) is 20.1. The van der Waals surface area contributed by atoms with Crippen molar-refractivity contribution >= 4 is 39.9 Å². The van der Waals surface area contributed by atoms with E-state index < -0.39 is 0 Å². The van der Waals surface area contributed by atoms with Crippen LogP contribution in [0.4, 0.5) is 0 Å². The lowest BCUT2D eigenvalue weighted by Crippen LogP contribution is -2.29. The molecule has 4 heteroatoms. The quantitative estimate of drug-likeness (QED) is 0.0732. The molecule has 0 radical (unpaired) electrons. The summed E-state index contributed by atoms with van der Waals surface area (Å²) in [5.74, 6) is -0.350. The Labute approximate surface area is 348 Å². The number of carbonyl (C=O) groups is 1. The van der Waals surface area contributed by atoms with E-state index in [4.69, 9.17) is 0 Å². The third kappa shape index (κ3) is 12.3. The van der Waals surface area contributed by atoms with Gasteiger partial charge in [0.1, 0.15) is 0 Å². The van der Waals surface area contributed by atoms with E-state index in [2.05, 4.69) is 128 Å². The molecule has 2 aliphatic rings. The smallest absolute Gasteiger partial charge is 0.238 e. The molecule has 2 aromatic carbocycles. The van der Waals surface area contributed by atoms with E-state index in [0.29, 0.717) is 0 Å². The Morgan fingerprint density at radius 2 is 1.18 bits per heavy atom. The van der Waals surface area contributed by atoms with Crippen LogP contribution in [0.2, 0.25) is 0 Å². The number of carbonyl (C=O) groups excluding carboxylic acids is 1. The van der Waals surface area contributed by atoms with Crippen LogP contribution in [0.15, 0.2) is 106 Å². The van der Waals surface area contributed by atoms with Gasteiger partial charge in [-0.1, -0.05) is 174 Å². The SMILES string of the molecule is CCCCCCCCc1ccc(C2=CC(=CC3=C([O-])C(=Cc4cc(-c5ccc(CCCCCCCC)cc5)[s+]c(C(C)(C)C)c4)C3=O)C=C(C(C)(C)C)S2)cc1. The van der Waals surface area contributed by atoms with Crippen LogP contribution in [0, 0.1) is 5.41 Å². The van der Waals surface area contributed by atoms with Gasteiger partial charge in [0.25, 0.3) is 0 Å². The lowest BCUT2D eigenvalue weighted by atomic mass is 9.84. The van der Waals surface area contributed by atoms with E-state index in [-0.39, 0.29) is 33.5 Å². The Kier molecular flexibility index (Phi) is 15.8. The number of unbranched alkanes of at least 4 members (excludes halogenated alkanes) is 10. The normalized spacial score (nSPS) is 16.4. The summed E-state index contributed by atoms with van der Waals surface area (Å²) in [6, 6.07) is 22.3. The molecule has 56 heavy (non-hydrogen) atoms. The van der Waals surface area contributed by atoms with Crippen molar-refractivity contribution in [2.24, 2.45) is 5.41 Å². The zero-order chi connectivity index (χ0) is 40.3. The molecule has 0 fully saturated rings. The maximum Gasteiger partial charge on any atom is 0.238 e. The molecule has 0 unspecified atom stereocenters. The predicted molar refractivity (Wildman–Crippen MR) is 245 cm³/mol. The molecule has 0 spiro atoms. The summed E-state index contributed by atoms with van der Waals surface area (Å²) in [6.07, 6.45) is 25.8. The fourth-order valence-corrected chi connectivity index (χ4v) is 9.53. The van der Waals surface area contributed by atoms with Crippen LogP contribution in [0.1, 0.15) is 160 Å². The lowest BCUT2D eigenvalue weighted by Gasteiger charge is -2.30. The van der Waals surface area contributed by atoms with Gasteiger partial charge in [-0.25, -0.2) is 0 Å². The molecule has 5 rings (SSSR count). The minimum Gasteiger partial charge on any atom is -0.871 e. The largest absolute Gasteiger partial charge is 0.871 e. The number of rotatable bonds is 18. The second kappa shape index (κ2) is 20.3. The highest BCUT2D eigenvalue weighted by Gasteiger charge is 2.30. The van der Waals surface area contributed by atoms with Crippen LogP contribution in [0.3, 0.4) is 0 Å². The van der Waals surface area contributed by atoms with Crippen molar-refractivity contribution in [1.29, 1.82) is 0 Å². The Bertz CT molecular complexity index is 1950. The van der Waals surface area contributed by atoms with Crippen molar-refractivity contribution in [2.75, 3.05) is 0 Å². The third-order valence-electron chi connectivity index (χ3n) is 10.8. The van der Waals surface area contributed by atoms with Gasteiger partial charge < -0.3 is 5.11 Å². The molecule has 0 bridgehead atoms. The van der Waals surface area contributed by atoms with Crippen molar-refractivity contribution in [1.82, 2.24) is 0 Å². The first kappa shape index (κ1) is 43.6. The molecule has 298 valence electrons. The maximum atomic E-state index is 13.7. The van der Waals surface area contributed by atoms with Crippen LogP contribution >= 0.6 is 23.1 Å². The monoisotopic (exact) mass is 786 g/mol. The van der Waals surface area contributed by atoms with Gasteiger partial charge in [-0.3, -0.25) is 4.79 Å². The van der Waals surface area contributed by atoms with Gasteiger partial charge >= 0.3 is 0 Å². The zero-order valence-electron chi connectivity index (χ0n) is 35.6. The number of benzene rings is 2. The molecule has 2 nitrogen and oxygen atoms in total. The fourth-order valence-electron chi connectivity index (χ4n) is 7.15. The number of ketones is 1.